The molecule has 3 aliphatic carbocycles. The molecule has 3 aliphatic rings. The van der Waals surface area contributed by atoms with Crippen LogP contribution in [0.1, 0.15) is 40.0 Å². The van der Waals surface area contributed by atoms with Gasteiger partial charge in [-0.1, -0.05) is 13.8 Å². The molecule has 0 aromatic carbocycles. The van der Waals surface area contributed by atoms with E-state index in [2.05, 4.69) is 20.8 Å². The number of halogens is 1. The Labute approximate surface area is 74.3 Å². The minimum Gasteiger partial charge on any atom is -0.119 e. The first-order valence-corrected chi connectivity index (χ1v) is 5.01. The highest BCUT2D eigenvalue weighted by atomic mass is 35.5. The van der Waals surface area contributed by atoms with E-state index in [4.69, 9.17) is 11.6 Å². The summed E-state index contributed by atoms with van der Waals surface area (Å²) in [6.45, 7) is 6.98. The van der Waals surface area contributed by atoms with Gasteiger partial charge in [0.25, 0.3) is 0 Å². The van der Waals surface area contributed by atoms with Crippen molar-refractivity contribution in [1.82, 2.24) is 0 Å². The van der Waals surface area contributed by atoms with E-state index in [-0.39, 0.29) is 4.87 Å². The predicted octanol–water partition coefficient (Wildman–Crippen LogP) is 3.44. The van der Waals surface area contributed by atoms with Crippen LogP contribution in [0.25, 0.3) is 0 Å². The molecule has 0 nitrogen and oxygen atoms in total. The Morgan fingerprint density at radius 2 is 1.91 bits per heavy atom. The quantitative estimate of drug-likeness (QED) is 0.491. The van der Waals surface area contributed by atoms with Gasteiger partial charge in [-0.2, -0.15) is 0 Å². The number of fused-ring (bicyclic) bond motifs is 2. The van der Waals surface area contributed by atoms with Crippen molar-refractivity contribution < 1.29 is 0 Å². The molecule has 3 rings (SSSR count). The van der Waals surface area contributed by atoms with Crippen molar-refractivity contribution in [2.45, 2.75) is 44.9 Å². The molecule has 0 unspecified atom stereocenters. The molecule has 11 heavy (non-hydrogen) atoms. The van der Waals surface area contributed by atoms with Crippen molar-refractivity contribution >= 4 is 11.6 Å². The molecule has 0 spiro atoms. The van der Waals surface area contributed by atoms with E-state index in [0.29, 0.717) is 5.41 Å². The molecule has 0 aromatic heterocycles. The van der Waals surface area contributed by atoms with Crippen molar-refractivity contribution in [1.29, 1.82) is 0 Å². The van der Waals surface area contributed by atoms with E-state index in [1.165, 1.54) is 19.3 Å². The maximum absolute atomic E-state index is 6.44. The topological polar surface area (TPSA) is 0 Å². The second kappa shape index (κ2) is 1.96. The molecule has 2 bridgehead atoms. The van der Waals surface area contributed by atoms with Gasteiger partial charge < -0.3 is 0 Å². The summed E-state index contributed by atoms with van der Waals surface area (Å²) >= 11 is 6.44. The molecule has 0 radical (unpaired) electrons. The van der Waals surface area contributed by atoms with Crippen molar-refractivity contribution in [2.75, 3.05) is 0 Å². The molecular formula is C10H17Cl. The fraction of sp³-hybridized carbons (Fsp3) is 1.00. The van der Waals surface area contributed by atoms with Gasteiger partial charge in [-0.15, -0.1) is 11.6 Å². The summed E-state index contributed by atoms with van der Waals surface area (Å²) in [6.07, 6.45) is 3.96. The summed E-state index contributed by atoms with van der Waals surface area (Å²) in [6, 6.07) is 0. The normalized spacial score (nSPS) is 53.5. The zero-order valence-electron chi connectivity index (χ0n) is 7.65. The van der Waals surface area contributed by atoms with Gasteiger partial charge in [0, 0.05) is 4.87 Å². The largest absolute Gasteiger partial charge is 0.119 e. The van der Waals surface area contributed by atoms with Gasteiger partial charge in [0.05, 0.1) is 0 Å². The fourth-order valence-electron chi connectivity index (χ4n) is 3.16. The molecule has 64 valence electrons. The zero-order chi connectivity index (χ0) is 8.28. The van der Waals surface area contributed by atoms with Crippen LogP contribution >= 0.6 is 11.6 Å². The smallest absolute Gasteiger partial charge is 0.0452 e. The first-order valence-electron chi connectivity index (χ1n) is 4.63. The van der Waals surface area contributed by atoms with E-state index in [1.54, 1.807) is 0 Å². The molecule has 0 aliphatic heterocycles. The Morgan fingerprint density at radius 1 is 1.27 bits per heavy atom. The van der Waals surface area contributed by atoms with E-state index in [0.717, 1.165) is 11.8 Å². The maximum Gasteiger partial charge on any atom is 0.0452 e. The Balaban J connectivity index is 2.23. The van der Waals surface area contributed by atoms with E-state index < -0.39 is 0 Å². The SMILES string of the molecule is CC1(C)[C@@H]2CC[C@@](C)(Cl)[C@H]1C2. The second-order valence-corrected chi connectivity index (χ2v) is 5.99. The molecular weight excluding hydrogens is 156 g/mol. The third-order valence-corrected chi connectivity index (χ3v) is 4.63. The van der Waals surface area contributed by atoms with Crippen molar-refractivity contribution in [3.05, 3.63) is 0 Å². The summed E-state index contributed by atoms with van der Waals surface area (Å²) in [5.41, 5.74) is 0.536. The monoisotopic (exact) mass is 172 g/mol. The van der Waals surface area contributed by atoms with Crippen molar-refractivity contribution in [2.24, 2.45) is 17.3 Å². The van der Waals surface area contributed by atoms with E-state index in [1.807, 2.05) is 0 Å². The van der Waals surface area contributed by atoms with Gasteiger partial charge in [-0.25, -0.2) is 0 Å². The average molecular weight is 173 g/mol. The Kier molecular flexibility index (Phi) is 1.41. The molecule has 0 heterocycles. The first-order chi connectivity index (χ1) is 4.94. The Morgan fingerprint density at radius 3 is 2.18 bits per heavy atom. The number of hydrogen-bond acceptors (Lipinski definition) is 0. The molecule has 0 N–H and O–H groups in total. The average Bonchev–Trinajstić information content (AvgIpc) is 1.84. The van der Waals surface area contributed by atoms with Gasteiger partial charge in [0.15, 0.2) is 0 Å². The molecule has 1 heteroatoms. The van der Waals surface area contributed by atoms with Gasteiger partial charge >= 0.3 is 0 Å². The van der Waals surface area contributed by atoms with Crippen LogP contribution in [0.2, 0.25) is 0 Å². The zero-order valence-corrected chi connectivity index (χ0v) is 8.41. The predicted molar refractivity (Wildman–Crippen MR) is 48.9 cm³/mol. The lowest BCUT2D eigenvalue weighted by Crippen LogP contribution is -2.57. The first kappa shape index (κ1) is 7.91. The molecule has 0 aromatic rings. The highest BCUT2D eigenvalue weighted by molar-refractivity contribution is 6.24. The van der Waals surface area contributed by atoms with Crippen LogP contribution < -0.4 is 0 Å². The summed E-state index contributed by atoms with van der Waals surface area (Å²) in [7, 11) is 0. The summed E-state index contributed by atoms with van der Waals surface area (Å²) in [5, 5.41) is 0. The minimum atomic E-state index is 0.109. The van der Waals surface area contributed by atoms with Gasteiger partial charge in [-0.05, 0) is 43.4 Å². The third-order valence-electron chi connectivity index (χ3n) is 4.18. The molecule has 0 amide bonds. The van der Waals surface area contributed by atoms with Crippen LogP contribution in [-0.2, 0) is 0 Å². The lowest BCUT2D eigenvalue weighted by atomic mass is 9.45. The molecule has 3 fully saturated rings. The van der Waals surface area contributed by atoms with Gasteiger partial charge in [0.2, 0.25) is 0 Å². The molecule has 3 atom stereocenters. The van der Waals surface area contributed by atoms with Crippen LogP contribution in [0.5, 0.6) is 0 Å². The van der Waals surface area contributed by atoms with Crippen molar-refractivity contribution in [3.8, 4) is 0 Å². The summed E-state index contributed by atoms with van der Waals surface area (Å²) < 4.78 is 0. The maximum atomic E-state index is 6.44. The molecule has 3 saturated carbocycles. The van der Waals surface area contributed by atoms with Crippen LogP contribution in [0.4, 0.5) is 0 Å². The van der Waals surface area contributed by atoms with Gasteiger partial charge in [0.1, 0.15) is 0 Å². The second-order valence-electron chi connectivity index (χ2n) is 5.12. The highest BCUT2D eigenvalue weighted by Crippen LogP contribution is 2.64. The molecule has 0 saturated heterocycles. The Hall–Kier alpha value is 0.290. The summed E-state index contributed by atoms with van der Waals surface area (Å²) in [5.74, 6) is 1.75. The fourth-order valence-corrected chi connectivity index (χ4v) is 3.64. The van der Waals surface area contributed by atoms with Gasteiger partial charge in [-0.3, -0.25) is 0 Å². The van der Waals surface area contributed by atoms with Crippen molar-refractivity contribution in [3.63, 3.8) is 0 Å². The third kappa shape index (κ3) is 0.884. The van der Waals surface area contributed by atoms with Crippen LogP contribution in [0.15, 0.2) is 0 Å². The van der Waals surface area contributed by atoms with Crippen LogP contribution in [0.3, 0.4) is 0 Å². The lowest BCUT2D eigenvalue weighted by molar-refractivity contribution is -0.0875. The number of rotatable bonds is 0. The Bertz CT molecular complexity index is 171. The van der Waals surface area contributed by atoms with Crippen LogP contribution in [0, 0.1) is 17.3 Å². The number of alkyl halides is 1. The number of hydrogen-bond donors (Lipinski definition) is 0. The van der Waals surface area contributed by atoms with E-state index in [9.17, 15) is 0 Å². The summed E-state index contributed by atoms with van der Waals surface area (Å²) in [4.78, 5) is 0.109. The van der Waals surface area contributed by atoms with E-state index >= 15 is 0 Å². The highest BCUT2D eigenvalue weighted by Gasteiger charge is 2.58. The minimum absolute atomic E-state index is 0.109. The van der Waals surface area contributed by atoms with Crippen LogP contribution in [-0.4, -0.2) is 4.87 Å². The lowest BCUT2D eigenvalue weighted by Gasteiger charge is -2.62. The standard InChI is InChI=1S/C10H17Cl/c1-9(2)7-4-5-10(3,11)8(9)6-7/h7-8H,4-6H2,1-3H3/t7-,8+,10-/m1/s1.